The summed E-state index contributed by atoms with van der Waals surface area (Å²) >= 11 is 0. The van der Waals surface area contributed by atoms with Crippen LogP contribution in [0.2, 0.25) is 0 Å². The number of para-hydroxylation sites is 1. The molecule has 6 nitrogen and oxygen atoms in total. The molecule has 39 heavy (non-hydrogen) atoms. The van der Waals surface area contributed by atoms with Gasteiger partial charge in [-0.05, 0) is 110 Å². The first kappa shape index (κ1) is 26.0. The molecule has 1 unspecified atom stereocenters. The zero-order valence-corrected chi connectivity index (χ0v) is 23.3. The Morgan fingerprint density at radius 3 is 2.49 bits per heavy atom. The molecule has 1 atom stereocenters. The van der Waals surface area contributed by atoms with E-state index in [1.807, 2.05) is 26.2 Å². The first-order valence-corrected chi connectivity index (χ1v) is 14.7. The van der Waals surface area contributed by atoms with E-state index in [2.05, 4.69) is 58.0 Å². The molecule has 0 spiro atoms. The molecule has 2 aliphatic rings. The zero-order valence-electron chi connectivity index (χ0n) is 23.3. The number of aliphatic hydroxyl groups is 1. The molecule has 0 saturated heterocycles. The molecule has 3 aromatic carbocycles. The Labute approximate surface area is 231 Å². The van der Waals surface area contributed by atoms with Gasteiger partial charge in [0.05, 0.1) is 11.6 Å². The molecule has 4 aromatic rings. The van der Waals surface area contributed by atoms with Crippen molar-refractivity contribution in [2.24, 2.45) is 5.92 Å². The molecule has 1 aromatic heterocycles. The second kappa shape index (κ2) is 11.5. The monoisotopic (exact) mass is 523 g/mol. The van der Waals surface area contributed by atoms with Crippen LogP contribution < -0.4 is 15.5 Å². The topological polar surface area (TPSA) is 73.3 Å². The Hall–Kier alpha value is -3.22. The molecule has 6 heteroatoms. The Morgan fingerprint density at radius 1 is 0.897 bits per heavy atom. The van der Waals surface area contributed by atoms with Crippen LogP contribution in [0.3, 0.4) is 0 Å². The van der Waals surface area contributed by atoms with Gasteiger partial charge < -0.3 is 20.6 Å². The summed E-state index contributed by atoms with van der Waals surface area (Å²) in [4.78, 5) is 11.7. The SMILES string of the molecule is CN(C)c1nc(NC2CCC(CNCCCC(O)c3ccc4c5c(cccc35)CC4)CC2)nc2ccccc12. The molecule has 3 N–H and O–H groups in total. The van der Waals surface area contributed by atoms with E-state index in [9.17, 15) is 5.11 Å². The lowest BCUT2D eigenvalue weighted by Gasteiger charge is -2.29. The first-order chi connectivity index (χ1) is 19.1. The van der Waals surface area contributed by atoms with Crippen molar-refractivity contribution in [1.29, 1.82) is 0 Å². The van der Waals surface area contributed by atoms with Gasteiger partial charge in [0.2, 0.25) is 5.95 Å². The summed E-state index contributed by atoms with van der Waals surface area (Å²) in [6, 6.07) is 19.6. The molecule has 0 aliphatic heterocycles. The zero-order chi connectivity index (χ0) is 26.8. The minimum absolute atomic E-state index is 0.399. The molecular formula is C33H41N5O. The van der Waals surface area contributed by atoms with E-state index in [4.69, 9.17) is 9.97 Å². The van der Waals surface area contributed by atoms with Crippen molar-refractivity contribution < 1.29 is 5.11 Å². The molecule has 1 saturated carbocycles. The molecule has 0 amide bonds. The van der Waals surface area contributed by atoms with Crippen molar-refractivity contribution >= 4 is 33.4 Å². The average Bonchev–Trinajstić information content (AvgIpc) is 3.38. The van der Waals surface area contributed by atoms with Gasteiger partial charge in [-0.15, -0.1) is 0 Å². The lowest BCUT2D eigenvalue weighted by Crippen LogP contribution is -2.32. The molecule has 2 aliphatic carbocycles. The minimum atomic E-state index is -0.399. The van der Waals surface area contributed by atoms with E-state index in [-0.39, 0.29) is 0 Å². The van der Waals surface area contributed by atoms with Crippen LogP contribution >= 0.6 is 0 Å². The Morgan fingerprint density at radius 2 is 1.67 bits per heavy atom. The summed E-state index contributed by atoms with van der Waals surface area (Å²) in [6.45, 7) is 2.01. The highest BCUT2D eigenvalue weighted by Crippen LogP contribution is 2.36. The summed E-state index contributed by atoms with van der Waals surface area (Å²) in [6.07, 6.45) is 8.34. The van der Waals surface area contributed by atoms with Crippen molar-refractivity contribution in [3.63, 3.8) is 0 Å². The van der Waals surface area contributed by atoms with Crippen LogP contribution in [0.25, 0.3) is 21.7 Å². The Kier molecular flexibility index (Phi) is 7.67. The van der Waals surface area contributed by atoms with Crippen molar-refractivity contribution in [1.82, 2.24) is 15.3 Å². The lowest BCUT2D eigenvalue weighted by atomic mass is 9.86. The molecule has 6 rings (SSSR count). The number of benzene rings is 3. The predicted octanol–water partition coefficient (Wildman–Crippen LogP) is 6.02. The summed E-state index contributed by atoms with van der Waals surface area (Å²) in [5.74, 6) is 2.40. The number of nitrogens with one attached hydrogen (secondary N) is 2. The third kappa shape index (κ3) is 5.59. The molecular weight excluding hydrogens is 482 g/mol. The van der Waals surface area contributed by atoms with Gasteiger partial charge in [-0.25, -0.2) is 4.98 Å². The highest BCUT2D eigenvalue weighted by Gasteiger charge is 2.23. The number of rotatable bonds is 10. The number of aliphatic hydroxyl groups excluding tert-OH is 1. The van der Waals surface area contributed by atoms with Crippen molar-refractivity contribution in [3.05, 3.63) is 71.3 Å². The number of anilines is 2. The second-order valence-electron chi connectivity index (χ2n) is 11.7. The average molecular weight is 524 g/mol. The van der Waals surface area contributed by atoms with Gasteiger partial charge in [-0.2, -0.15) is 4.98 Å². The van der Waals surface area contributed by atoms with Crippen LogP contribution in [0, 0.1) is 5.92 Å². The van der Waals surface area contributed by atoms with Crippen LogP contribution in [0.1, 0.15) is 61.3 Å². The van der Waals surface area contributed by atoms with Gasteiger partial charge in [-0.1, -0.05) is 42.5 Å². The Bertz CT molecular complexity index is 1430. The largest absolute Gasteiger partial charge is 0.388 e. The lowest BCUT2D eigenvalue weighted by molar-refractivity contribution is 0.165. The van der Waals surface area contributed by atoms with Crippen LogP contribution in [-0.2, 0) is 12.8 Å². The maximum absolute atomic E-state index is 11.0. The molecule has 204 valence electrons. The van der Waals surface area contributed by atoms with Crippen molar-refractivity contribution in [3.8, 4) is 0 Å². The summed E-state index contributed by atoms with van der Waals surface area (Å²) in [5, 5.41) is 22.0. The number of fused-ring (bicyclic) bond motifs is 1. The molecule has 0 bridgehead atoms. The maximum atomic E-state index is 11.0. The number of hydrogen-bond acceptors (Lipinski definition) is 6. The third-order valence-corrected chi connectivity index (χ3v) is 8.72. The fourth-order valence-electron chi connectivity index (χ4n) is 6.60. The van der Waals surface area contributed by atoms with E-state index < -0.39 is 6.10 Å². The van der Waals surface area contributed by atoms with Gasteiger partial charge in [0.25, 0.3) is 0 Å². The molecule has 0 radical (unpaired) electrons. The first-order valence-electron chi connectivity index (χ1n) is 14.7. The standard InChI is InChI=1S/C33H41N5O/c1-38(2)32-28-8-3-4-10-29(28)36-33(37-32)35-25-17-12-22(13-18-25)21-34-20-6-11-30(39)26-19-16-24-15-14-23-7-5-9-27(26)31(23)24/h3-5,7-10,16,19,22,25,30,34,39H,6,11-15,17-18,20-21H2,1-2H3,(H,35,36,37). The van der Waals surface area contributed by atoms with E-state index in [1.54, 1.807) is 0 Å². The van der Waals surface area contributed by atoms with E-state index in [0.717, 1.165) is 79.8 Å². The maximum Gasteiger partial charge on any atom is 0.225 e. The fraction of sp³-hybridized carbons (Fsp3) is 0.455. The third-order valence-electron chi connectivity index (χ3n) is 8.72. The number of nitrogens with zero attached hydrogens (tertiary/aromatic N) is 3. The van der Waals surface area contributed by atoms with Gasteiger partial charge >= 0.3 is 0 Å². The van der Waals surface area contributed by atoms with Crippen molar-refractivity contribution in [2.75, 3.05) is 37.4 Å². The van der Waals surface area contributed by atoms with Gasteiger partial charge in [0.1, 0.15) is 5.82 Å². The minimum Gasteiger partial charge on any atom is -0.388 e. The quantitative estimate of drug-likeness (QED) is 0.221. The smallest absolute Gasteiger partial charge is 0.225 e. The van der Waals surface area contributed by atoms with Crippen molar-refractivity contribution in [2.45, 2.75) is 63.5 Å². The van der Waals surface area contributed by atoms with Gasteiger partial charge in [-0.3, -0.25) is 0 Å². The van der Waals surface area contributed by atoms with Crippen LogP contribution in [-0.4, -0.2) is 48.3 Å². The van der Waals surface area contributed by atoms with E-state index in [0.29, 0.717) is 12.0 Å². The van der Waals surface area contributed by atoms with Crippen LogP contribution in [0.15, 0.2) is 54.6 Å². The Balaban J connectivity index is 0.943. The summed E-state index contributed by atoms with van der Waals surface area (Å²) < 4.78 is 0. The fourth-order valence-corrected chi connectivity index (χ4v) is 6.60. The summed E-state index contributed by atoms with van der Waals surface area (Å²) in [5.41, 5.74) is 4.95. The highest BCUT2D eigenvalue weighted by atomic mass is 16.3. The number of aromatic nitrogens is 2. The highest BCUT2D eigenvalue weighted by molar-refractivity contribution is 5.93. The molecule has 1 heterocycles. The predicted molar refractivity (Wildman–Crippen MR) is 162 cm³/mol. The van der Waals surface area contributed by atoms with Crippen LogP contribution in [0.4, 0.5) is 11.8 Å². The van der Waals surface area contributed by atoms with Crippen LogP contribution in [0.5, 0.6) is 0 Å². The van der Waals surface area contributed by atoms with Gasteiger partial charge in [0, 0.05) is 25.5 Å². The van der Waals surface area contributed by atoms with E-state index >= 15 is 0 Å². The second-order valence-corrected chi connectivity index (χ2v) is 11.7. The van der Waals surface area contributed by atoms with E-state index in [1.165, 1.54) is 34.7 Å². The molecule has 1 fully saturated rings. The summed E-state index contributed by atoms with van der Waals surface area (Å²) in [7, 11) is 4.07. The number of hydrogen-bond donors (Lipinski definition) is 3. The van der Waals surface area contributed by atoms with Gasteiger partial charge in [0.15, 0.2) is 0 Å². The number of aryl methyl sites for hydroxylation is 2. The normalized spacial score (nSPS) is 19.5.